The molecule has 5 fully saturated rings. The molecule has 0 heterocycles. The Morgan fingerprint density at radius 2 is 1.70 bits per heavy atom. The first kappa shape index (κ1) is 24.0. The molecule has 5 aliphatic carbocycles. The Bertz CT molecular complexity index is 861. The Morgan fingerprint density at radius 1 is 1.00 bits per heavy atom. The Kier molecular flexibility index (Phi) is 5.24. The lowest BCUT2D eigenvalue weighted by atomic mass is 9.32. The number of rotatable bonds is 2. The van der Waals surface area contributed by atoms with E-state index in [-0.39, 0.29) is 27.6 Å². The van der Waals surface area contributed by atoms with E-state index in [2.05, 4.69) is 48.1 Å². The minimum absolute atomic E-state index is 0.00670. The molecule has 0 amide bonds. The zero-order chi connectivity index (χ0) is 24.2. The van der Waals surface area contributed by atoms with Crippen LogP contribution in [0.15, 0.2) is 12.2 Å². The van der Waals surface area contributed by atoms with Gasteiger partial charge in [0, 0.05) is 24.4 Å². The Balaban J connectivity index is 1.59. The minimum Gasteiger partial charge on any atom is -0.396 e. The Labute approximate surface area is 201 Å². The van der Waals surface area contributed by atoms with Crippen LogP contribution in [0.4, 0.5) is 0 Å². The van der Waals surface area contributed by atoms with Crippen LogP contribution in [0.25, 0.3) is 0 Å². The topological polar surface area (TPSA) is 57.5 Å². The van der Waals surface area contributed by atoms with Crippen LogP contribution in [-0.4, -0.2) is 28.7 Å². The lowest BCUT2D eigenvalue weighted by Crippen LogP contribution is -2.69. The van der Waals surface area contributed by atoms with Gasteiger partial charge in [0.15, 0.2) is 0 Å². The molecule has 5 aliphatic rings. The van der Waals surface area contributed by atoms with Crippen molar-refractivity contribution in [3.8, 4) is 0 Å². The first-order chi connectivity index (χ1) is 15.3. The Hall–Kier alpha value is -0.670. The average Bonchev–Trinajstić information content (AvgIpc) is 3.12. The predicted molar refractivity (Wildman–Crippen MR) is 132 cm³/mol. The van der Waals surface area contributed by atoms with E-state index in [1.807, 2.05) is 0 Å². The molecule has 3 heteroatoms. The first-order valence-corrected chi connectivity index (χ1v) is 13.8. The van der Waals surface area contributed by atoms with Crippen molar-refractivity contribution in [1.29, 1.82) is 0 Å². The number of hydrogen-bond donors (Lipinski definition) is 2. The highest BCUT2D eigenvalue weighted by molar-refractivity contribution is 5.85. The normalized spacial score (nSPS) is 55.2. The average molecular weight is 457 g/mol. The summed E-state index contributed by atoms with van der Waals surface area (Å²) in [5.41, 5.74) is 1.14. The van der Waals surface area contributed by atoms with E-state index in [4.69, 9.17) is 0 Å². The van der Waals surface area contributed by atoms with Crippen LogP contribution in [0.5, 0.6) is 0 Å². The van der Waals surface area contributed by atoms with Gasteiger partial charge in [-0.1, -0.05) is 46.8 Å². The van der Waals surface area contributed by atoms with Gasteiger partial charge >= 0.3 is 0 Å². The van der Waals surface area contributed by atoms with E-state index >= 15 is 0 Å². The fraction of sp³-hybridized carbons (Fsp3) is 0.900. The van der Waals surface area contributed by atoms with Gasteiger partial charge < -0.3 is 10.2 Å². The molecule has 5 rings (SSSR count). The van der Waals surface area contributed by atoms with Gasteiger partial charge in [0.2, 0.25) is 0 Å². The second-order valence-electron chi connectivity index (χ2n) is 14.5. The molecular weight excluding hydrogens is 408 g/mol. The van der Waals surface area contributed by atoms with Gasteiger partial charge in [-0.3, -0.25) is 4.79 Å². The highest BCUT2D eigenvalue weighted by atomic mass is 16.3. The highest BCUT2D eigenvalue weighted by Crippen LogP contribution is 2.77. The summed E-state index contributed by atoms with van der Waals surface area (Å²) in [5.74, 6) is 2.55. The highest BCUT2D eigenvalue weighted by Gasteiger charge is 2.72. The summed E-state index contributed by atoms with van der Waals surface area (Å²) in [4.78, 5) is 12.9. The quantitative estimate of drug-likeness (QED) is 0.488. The van der Waals surface area contributed by atoms with Crippen molar-refractivity contribution in [1.82, 2.24) is 0 Å². The second kappa shape index (κ2) is 7.19. The smallest absolute Gasteiger partial charge is 0.138 e. The largest absolute Gasteiger partial charge is 0.396 e. The number of aliphatic hydroxyl groups is 2. The van der Waals surface area contributed by atoms with Crippen LogP contribution in [0.3, 0.4) is 0 Å². The predicted octanol–water partition coefficient (Wildman–Crippen LogP) is 6.18. The summed E-state index contributed by atoms with van der Waals surface area (Å²) in [6.07, 6.45) is 8.97. The number of carbonyl (C=O) groups excluding carboxylic acids is 1. The molecule has 0 unspecified atom stereocenters. The Morgan fingerprint density at radius 3 is 2.33 bits per heavy atom. The lowest BCUT2D eigenvalue weighted by Gasteiger charge is -2.73. The summed E-state index contributed by atoms with van der Waals surface area (Å²) in [6, 6.07) is 0. The van der Waals surface area contributed by atoms with E-state index in [0.717, 1.165) is 32.1 Å². The molecule has 0 spiro atoms. The van der Waals surface area contributed by atoms with Gasteiger partial charge in [-0.15, -0.1) is 0 Å². The number of fused-ring (bicyclic) bond motifs is 7. The van der Waals surface area contributed by atoms with Crippen LogP contribution in [-0.2, 0) is 4.79 Å². The summed E-state index contributed by atoms with van der Waals surface area (Å²) in [6.45, 7) is 18.6. The molecule has 33 heavy (non-hydrogen) atoms. The summed E-state index contributed by atoms with van der Waals surface area (Å²) in [5, 5.41) is 22.4. The van der Waals surface area contributed by atoms with Crippen molar-refractivity contribution >= 4 is 5.78 Å². The molecule has 0 bridgehead atoms. The third-order valence-electron chi connectivity index (χ3n) is 13.2. The van der Waals surface area contributed by atoms with Crippen LogP contribution in [0.1, 0.15) is 99.3 Å². The molecule has 0 saturated heterocycles. The zero-order valence-electron chi connectivity index (χ0n) is 22.0. The molecule has 10 atom stereocenters. The number of aliphatic hydroxyl groups excluding tert-OH is 2. The van der Waals surface area contributed by atoms with Gasteiger partial charge in [-0.2, -0.15) is 0 Å². The van der Waals surface area contributed by atoms with Crippen LogP contribution < -0.4 is 0 Å². The van der Waals surface area contributed by atoms with Gasteiger partial charge in [-0.25, -0.2) is 0 Å². The fourth-order valence-electron chi connectivity index (χ4n) is 11.5. The van der Waals surface area contributed by atoms with Crippen molar-refractivity contribution in [2.45, 2.75) is 105 Å². The van der Waals surface area contributed by atoms with E-state index < -0.39 is 11.5 Å². The molecule has 0 aromatic rings. The standard InChI is InChI=1S/C30H48O3/c1-18(2)19-10-13-30(17-31)15-14-28(6)20(24(19)30)8-9-22-27(5)12-11-23(33)26(3,4)25(27)21(32)16-29(22,28)7/h19-22,24-25,31-32H,1,8-17H2,2-7H3/t19-,20-,21+,22+,24+,25-,27+,28+,29+,30+/m0/s1. The molecule has 0 aliphatic heterocycles. The number of Topliss-reactive ketones (excluding diaryl/α,β-unsaturated/α-hetero) is 1. The number of carbonyl (C=O) groups is 1. The van der Waals surface area contributed by atoms with Crippen molar-refractivity contribution in [3.63, 3.8) is 0 Å². The van der Waals surface area contributed by atoms with Crippen molar-refractivity contribution < 1.29 is 15.0 Å². The van der Waals surface area contributed by atoms with Crippen LogP contribution in [0.2, 0.25) is 0 Å². The van der Waals surface area contributed by atoms with Crippen LogP contribution >= 0.6 is 0 Å². The van der Waals surface area contributed by atoms with Crippen molar-refractivity contribution in [3.05, 3.63) is 12.2 Å². The summed E-state index contributed by atoms with van der Waals surface area (Å²) >= 11 is 0. The number of allylic oxidation sites excluding steroid dienone is 1. The van der Waals surface area contributed by atoms with Gasteiger partial charge in [0.05, 0.1) is 6.10 Å². The third-order valence-corrected chi connectivity index (χ3v) is 13.2. The minimum atomic E-state index is -0.444. The maximum Gasteiger partial charge on any atom is 0.138 e. The summed E-state index contributed by atoms with van der Waals surface area (Å²) in [7, 11) is 0. The van der Waals surface area contributed by atoms with E-state index in [9.17, 15) is 15.0 Å². The van der Waals surface area contributed by atoms with Crippen molar-refractivity contribution in [2.24, 2.45) is 56.7 Å². The maximum atomic E-state index is 12.9. The lowest BCUT2D eigenvalue weighted by molar-refractivity contribution is -0.260. The monoisotopic (exact) mass is 456 g/mol. The van der Waals surface area contributed by atoms with Gasteiger partial charge in [0.1, 0.15) is 5.78 Å². The fourth-order valence-corrected chi connectivity index (χ4v) is 11.5. The molecule has 0 radical (unpaired) electrons. The number of hydrogen-bond acceptors (Lipinski definition) is 3. The van der Waals surface area contributed by atoms with E-state index in [1.54, 1.807) is 0 Å². The molecule has 186 valence electrons. The first-order valence-electron chi connectivity index (χ1n) is 13.8. The maximum absolute atomic E-state index is 12.9. The molecule has 5 saturated carbocycles. The van der Waals surface area contributed by atoms with Gasteiger partial charge in [0.25, 0.3) is 0 Å². The third kappa shape index (κ3) is 2.79. The van der Waals surface area contributed by atoms with E-state index in [1.165, 1.54) is 24.8 Å². The summed E-state index contributed by atoms with van der Waals surface area (Å²) < 4.78 is 0. The molecule has 0 aromatic carbocycles. The number of ketones is 1. The molecular formula is C30H48O3. The van der Waals surface area contributed by atoms with Crippen molar-refractivity contribution in [2.75, 3.05) is 6.61 Å². The zero-order valence-corrected chi connectivity index (χ0v) is 22.0. The second-order valence-corrected chi connectivity index (χ2v) is 14.5. The van der Waals surface area contributed by atoms with E-state index in [0.29, 0.717) is 42.5 Å². The molecule has 3 nitrogen and oxygen atoms in total. The van der Waals surface area contributed by atoms with Crippen LogP contribution in [0, 0.1) is 56.7 Å². The molecule has 2 N–H and O–H groups in total. The molecule has 0 aromatic heterocycles. The SMILES string of the molecule is C=C(C)[C@@H]1CC[C@]2(CO)CC[C@]3(C)[C@@H](CC[C@@H]4[C@@]5(C)CCC(=O)C(C)(C)[C@@H]5[C@H](O)C[C@]43C)[C@@H]12. The van der Waals surface area contributed by atoms with Gasteiger partial charge in [-0.05, 0) is 104 Å².